The second-order valence-corrected chi connectivity index (χ2v) is 11.3. The van der Waals surface area contributed by atoms with E-state index in [-0.39, 0.29) is 18.1 Å². The lowest BCUT2D eigenvalue weighted by atomic mass is 10.1. The van der Waals surface area contributed by atoms with Gasteiger partial charge >= 0.3 is 0 Å². The second-order valence-electron chi connectivity index (χ2n) is 9.58. The summed E-state index contributed by atoms with van der Waals surface area (Å²) >= 11 is 7.04. The van der Waals surface area contributed by atoms with Gasteiger partial charge in [0.1, 0.15) is 28.5 Å². The van der Waals surface area contributed by atoms with Crippen molar-refractivity contribution in [2.75, 3.05) is 64.3 Å². The maximum absolute atomic E-state index is 12.9. The molecular weight excluding hydrogens is 658 g/mol. The molecule has 0 radical (unpaired) electrons. The van der Waals surface area contributed by atoms with Gasteiger partial charge in [-0.1, -0.05) is 0 Å². The van der Waals surface area contributed by atoms with E-state index in [0.29, 0.717) is 54.2 Å². The molecule has 2 N–H and O–H groups in total. The second kappa shape index (κ2) is 12.5. The predicted molar refractivity (Wildman–Crippen MR) is 167 cm³/mol. The number of carbonyl (C=O) groups is 1. The molecule has 4 aromatic rings. The number of aromatic nitrogens is 2. The lowest BCUT2D eigenvalue weighted by Crippen LogP contribution is -2.44. The highest BCUT2D eigenvalue weighted by atomic mass is 79.9. The van der Waals surface area contributed by atoms with Crippen LogP contribution in [-0.4, -0.2) is 74.8 Å². The number of carbonyl (C=O) groups excluding carboxylic acids is 1. The molecule has 1 aromatic heterocycles. The molecule has 1 amide bonds. The minimum atomic E-state index is -0.342. The first-order valence-corrected chi connectivity index (χ1v) is 14.5. The topological polar surface area (TPSA) is 109 Å². The van der Waals surface area contributed by atoms with E-state index < -0.39 is 0 Å². The Kier molecular flexibility index (Phi) is 8.81. The third-order valence-electron chi connectivity index (χ3n) is 6.84. The average Bonchev–Trinajstić information content (AvgIpc) is 2.96. The van der Waals surface area contributed by atoms with Gasteiger partial charge < -0.3 is 34.3 Å². The van der Waals surface area contributed by atoms with Gasteiger partial charge in [0.2, 0.25) is 0 Å². The fraction of sp³-hybridized carbons (Fsp3) is 0.276. The van der Waals surface area contributed by atoms with Crippen molar-refractivity contribution in [3.8, 4) is 28.6 Å². The number of aromatic amines is 1. The van der Waals surface area contributed by atoms with Crippen LogP contribution in [0.1, 0.15) is 0 Å². The first kappa shape index (κ1) is 28.9. The van der Waals surface area contributed by atoms with Crippen LogP contribution < -0.4 is 30.0 Å². The quantitative estimate of drug-likeness (QED) is 0.270. The van der Waals surface area contributed by atoms with Crippen molar-refractivity contribution in [1.82, 2.24) is 14.9 Å². The number of amides is 1. The van der Waals surface area contributed by atoms with Gasteiger partial charge in [-0.2, -0.15) is 0 Å². The number of halogens is 2. The van der Waals surface area contributed by atoms with E-state index in [4.69, 9.17) is 14.2 Å². The number of rotatable bonds is 8. The van der Waals surface area contributed by atoms with Gasteiger partial charge in [-0.3, -0.25) is 9.59 Å². The van der Waals surface area contributed by atoms with E-state index in [1.165, 1.54) is 14.2 Å². The lowest BCUT2D eigenvalue weighted by molar-refractivity contribution is -0.118. The Morgan fingerprint density at radius 1 is 1.00 bits per heavy atom. The van der Waals surface area contributed by atoms with Gasteiger partial charge in [-0.15, -0.1) is 0 Å². The highest BCUT2D eigenvalue weighted by Crippen LogP contribution is 2.38. The maximum atomic E-state index is 12.9. The van der Waals surface area contributed by atoms with Crippen LogP contribution in [0, 0.1) is 0 Å². The van der Waals surface area contributed by atoms with E-state index in [1.54, 1.807) is 24.3 Å². The van der Waals surface area contributed by atoms with Crippen LogP contribution in [0.2, 0.25) is 0 Å². The van der Waals surface area contributed by atoms with Crippen molar-refractivity contribution < 1.29 is 19.0 Å². The molecule has 12 heteroatoms. The Balaban J connectivity index is 1.27. The van der Waals surface area contributed by atoms with E-state index >= 15 is 0 Å². The van der Waals surface area contributed by atoms with E-state index in [9.17, 15) is 9.59 Å². The zero-order valence-corrected chi connectivity index (χ0v) is 26.0. The number of piperazine rings is 1. The van der Waals surface area contributed by atoms with Crippen LogP contribution in [0.3, 0.4) is 0 Å². The van der Waals surface area contributed by atoms with Crippen LogP contribution in [0.4, 0.5) is 11.4 Å². The lowest BCUT2D eigenvalue weighted by Gasteiger charge is -2.34. The molecule has 0 atom stereocenters. The number of methoxy groups -OCH3 is 2. The maximum Gasteiger partial charge on any atom is 0.262 e. The Morgan fingerprint density at radius 3 is 2.32 bits per heavy atom. The van der Waals surface area contributed by atoms with Crippen molar-refractivity contribution in [2.24, 2.45) is 0 Å². The molecule has 3 aromatic carbocycles. The Hall–Kier alpha value is -3.61. The van der Waals surface area contributed by atoms with Gasteiger partial charge in [-0.05, 0) is 75.3 Å². The third-order valence-corrected chi connectivity index (χ3v) is 8.02. The SMILES string of the molecule is COc1cc(OC)c2c(=O)[nH]c(-c3cc(Br)c(OCC(=O)Nc4ccc(N5CCN(C)CC5)cc4)c(Br)c3)nc2c1. The standard InChI is InChI=1S/C29H29Br2N5O5/c1-35-8-10-36(11-9-35)19-6-4-18(5-7-19)32-25(37)16-41-27-21(30)12-17(13-22(27)31)28-33-23-14-20(39-2)15-24(40-3)26(23)29(38)34-28/h4-7,12-15H,8-11,16H2,1-3H3,(H,32,37)(H,33,34,38). The fourth-order valence-electron chi connectivity index (χ4n) is 4.62. The highest BCUT2D eigenvalue weighted by molar-refractivity contribution is 9.11. The monoisotopic (exact) mass is 685 g/mol. The summed E-state index contributed by atoms with van der Waals surface area (Å²) in [5.74, 6) is 1.40. The summed E-state index contributed by atoms with van der Waals surface area (Å²) in [7, 11) is 5.15. The largest absolute Gasteiger partial charge is 0.497 e. The smallest absolute Gasteiger partial charge is 0.262 e. The number of anilines is 2. The molecule has 10 nitrogen and oxygen atoms in total. The Bertz CT molecular complexity index is 1610. The summed E-state index contributed by atoms with van der Waals surface area (Å²) in [5.41, 5.74) is 2.55. The zero-order valence-electron chi connectivity index (χ0n) is 22.8. The van der Waals surface area contributed by atoms with Gasteiger partial charge in [0.05, 0.1) is 28.7 Å². The predicted octanol–water partition coefficient (Wildman–Crippen LogP) is 4.90. The molecule has 0 saturated carbocycles. The number of nitrogens with zero attached hydrogens (tertiary/aromatic N) is 3. The molecule has 5 rings (SSSR count). The van der Waals surface area contributed by atoms with Crippen molar-refractivity contribution >= 4 is 60.0 Å². The van der Waals surface area contributed by atoms with Crippen molar-refractivity contribution in [2.45, 2.75) is 0 Å². The number of benzene rings is 3. The zero-order chi connectivity index (χ0) is 29.1. The number of likely N-dealkylation sites (N-methyl/N-ethyl adjacent to an activating group) is 1. The molecule has 214 valence electrons. The molecule has 1 fully saturated rings. The molecule has 0 unspecified atom stereocenters. The van der Waals surface area contributed by atoms with Gasteiger partial charge in [0.25, 0.3) is 11.5 Å². The first-order chi connectivity index (χ1) is 19.7. The number of hydrogen-bond donors (Lipinski definition) is 2. The van der Waals surface area contributed by atoms with Crippen LogP contribution in [0.5, 0.6) is 17.2 Å². The Morgan fingerprint density at radius 2 is 1.68 bits per heavy atom. The molecular formula is C29H29Br2N5O5. The summed E-state index contributed by atoms with van der Waals surface area (Å²) in [6.45, 7) is 3.83. The van der Waals surface area contributed by atoms with E-state index in [2.05, 4.69) is 64.0 Å². The molecule has 41 heavy (non-hydrogen) atoms. The number of ether oxygens (including phenoxy) is 3. The summed E-state index contributed by atoms with van der Waals surface area (Å²) in [4.78, 5) is 37.6. The molecule has 1 saturated heterocycles. The molecule has 0 aliphatic carbocycles. The summed E-state index contributed by atoms with van der Waals surface area (Å²) in [6.07, 6.45) is 0. The summed E-state index contributed by atoms with van der Waals surface area (Å²) in [5, 5.41) is 3.20. The van der Waals surface area contributed by atoms with Gasteiger partial charge in [-0.25, -0.2) is 4.98 Å². The van der Waals surface area contributed by atoms with E-state index in [0.717, 1.165) is 31.9 Å². The van der Waals surface area contributed by atoms with Crippen molar-refractivity contribution in [1.29, 1.82) is 0 Å². The molecule has 1 aliphatic heterocycles. The highest BCUT2D eigenvalue weighted by Gasteiger charge is 2.17. The van der Waals surface area contributed by atoms with Gasteiger partial charge in [0.15, 0.2) is 6.61 Å². The van der Waals surface area contributed by atoms with Crippen LogP contribution >= 0.6 is 31.9 Å². The number of H-pyrrole nitrogens is 1. The van der Waals surface area contributed by atoms with Crippen LogP contribution in [0.15, 0.2) is 62.3 Å². The van der Waals surface area contributed by atoms with Gasteiger partial charge in [0, 0.05) is 55.2 Å². The molecule has 0 bridgehead atoms. The van der Waals surface area contributed by atoms with Crippen molar-refractivity contribution in [3.63, 3.8) is 0 Å². The summed E-state index contributed by atoms with van der Waals surface area (Å²) in [6, 6.07) is 14.7. The van der Waals surface area contributed by atoms with E-state index in [1.807, 2.05) is 24.3 Å². The normalized spacial score (nSPS) is 13.7. The number of nitrogens with one attached hydrogen (secondary N) is 2. The Labute approximate surface area is 253 Å². The van der Waals surface area contributed by atoms with Crippen LogP contribution in [0.25, 0.3) is 22.3 Å². The molecule has 0 spiro atoms. The third kappa shape index (κ3) is 6.50. The summed E-state index contributed by atoms with van der Waals surface area (Å²) < 4.78 is 17.7. The minimum Gasteiger partial charge on any atom is -0.497 e. The minimum absolute atomic E-state index is 0.193. The first-order valence-electron chi connectivity index (χ1n) is 12.9. The number of hydrogen-bond acceptors (Lipinski definition) is 8. The fourth-order valence-corrected chi connectivity index (χ4v) is 6.03. The number of fused-ring (bicyclic) bond motifs is 1. The molecule has 1 aliphatic rings. The van der Waals surface area contributed by atoms with Crippen molar-refractivity contribution in [3.05, 3.63) is 67.8 Å². The van der Waals surface area contributed by atoms with Crippen LogP contribution in [-0.2, 0) is 4.79 Å². The average molecular weight is 687 g/mol. The molecule has 2 heterocycles.